The molecule has 0 aliphatic carbocycles. The van der Waals surface area contributed by atoms with E-state index >= 15 is 0 Å². The van der Waals surface area contributed by atoms with Crippen molar-refractivity contribution in [3.8, 4) is 0 Å². The Hall–Kier alpha value is -2.11. The number of hydrogen-bond donors (Lipinski definition) is 2. The van der Waals surface area contributed by atoms with Crippen molar-refractivity contribution >= 4 is 17.8 Å². The van der Waals surface area contributed by atoms with Crippen LogP contribution in [-0.2, 0) is 9.59 Å². The predicted octanol–water partition coefficient (Wildman–Crippen LogP) is 1.00. The first-order valence-electron chi connectivity index (χ1n) is 5.53. The monoisotopic (exact) mass is 252 g/mol. The van der Waals surface area contributed by atoms with Crippen molar-refractivity contribution in [1.82, 2.24) is 4.98 Å². The maximum absolute atomic E-state index is 10.8. The highest BCUT2D eigenvalue weighted by atomic mass is 16.4. The van der Waals surface area contributed by atoms with E-state index in [9.17, 15) is 9.59 Å². The number of hydrogen-bond acceptors (Lipinski definition) is 4. The molecule has 0 aliphatic rings. The van der Waals surface area contributed by atoms with Crippen molar-refractivity contribution < 1.29 is 19.8 Å². The zero-order valence-electron chi connectivity index (χ0n) is 10.3. The summed E-state index contributed by atoms with van der Waals surface area (Å²) in [6.45, 7) is 3.19. The third kappa shape index (κ3) is 3.73. The number of nitrogens with zero attached hydrogens (tertiary/aromatic N) is 2. The van der Waals surface area contributed by atoms with Crippen LogP contribution >= 0.6 is 0 Å². The van der Waals surface area contributed by atoms with Gasteiger partial charge in [-0.05, 0) is 18.6 Å². The zero-order valence-corrected chi connectivity index (χ0v) is 10.3. The first-order valence-corrected chi connectivity index (χ1v) is 5.53. The Kier molecular flexibility index (Phi) is 4.65. The molecule has 0 aliphatic heterocycles. The third-order valence-corrected chi connectivity index (χ3v) is 2.52. The van der Waals surface area contributed by atoms with Crippen LogP contribution in [0, 0.1) is 12.8 Å². The molecule has 1 aromatic rings. The van der Waals surface area contributed by atoms with Crippen LogP contribution in [0.25, 0.3) is 0 Å². The number of anilines is 1. The Morgan fingerprint density at radius 3 is 2.61 bits per heavy atom. The molecule has 6 heteroatoms. The van der Waals surface area contributed by atoms with E-state index < -0.39 is 17.9 Å². The molecule has 18 heavy (non-hydrogen) atoms. The Bertz CT molecular complexity index is 447. The largest absolute Gasteiger partial charge is 0.481 e. The molecule has 0 aromatic carbocycles. The van der Waals surface area contributed by atoms with Gasteiger partial charge in [0.25, 0.3) is 0 Å². The van der Waals surface area contributed by atoms with Gasteiger partial charge in [-0.15, -0.1) is 0 Å². The second kappa shape index (κ2) is 6.00. The smallest absolute Gasteiger partial charge is 0.323 e. The van der Waals surface area contributed by atoms with E-state index in [0.29, 0.717) is 5.82 Å². The highest BCUT2D eigenvalue weighted by molar-refractivity contribution is 5.75. The molecule has 0 spiro atoms. The second-order valence-electron chi connectivity index (χ2n) is 4.16. The van der Waals surface area contributed by atoms with Crippen LogP contribution in [0.15, 0.2) is 18.3 Å². The molecule has 1 aromatic heterocycles. The van der Waals surface area contributed by atoms with E-state index in [1.807, 2.05) is 13.0 Å². The van der Waals surface area contributed by atoms with Gasteiger partial charge < -0.3 is 15.1 Å². The summed E-state index contributed by atoms with van der Waals surface area (Å²) in [6, 6.07) is 3.56. The Balaban J connectivity index is 2.95. The molecule has 98 valence electrons. The van der Waals surface area contributed by atoms with Gasteiger partial charge in [-0.2, -0.15) is 0 Å². The standard InChI is InChI=1S/C12H16N2O4/c1-8-4-3-5-13-11(8)14(7-10(15)16)6-9(2)12(17)18/h3-5,9H,6-7H2,1-2H3,(H,15,16)(H,17,18). The minimum Gasteiger partial charge on any atom is -0.481 e. The molecule has 1 heterocycles. The first kappa shape index (κ1) is 14.0. The van der Waals surface area contributed by atoms with E-state index in [-0.39, 0.29) is 13.1 Å². The van der Waals surface area contributed by atoms with Gasteiger partial charge >= 0.3 is 11.9 Å². The molecular weight excluding hydrogens is 236 g/mol. The molecule has 0 radical (unpaired) electrons. The lowest BCUT2D eigenvalue weighted by molar-refractivity contribution is -0.141. The van der Waals surface area contributed by atoms with Gasteiger partial charge in [0.2, 0.25) is 0 Å². The average molecular weight is 252 g/mol. The van der Waals surface area contributed by atoms with Gasteiger partial charge in [0.1, 0.15) is 12.4 Å². The van der Waals surface area contributed by atoms with Crippen LogP contribution in [0.4, 0.5) is 5.82 Å². The maximum Gasteiger partial charge on any atom is 0.323 e. The highest BCUT2D eigenvalue weighted by Gasteiger charge is 2.20. The van der Waals surface area contributed by atoms with E-state index in [1.54, 1.807) is 12.3 Å². The minimum atomic E-state index is -1.02. The summed E-state index contributed by atoms with van der Waals surface area (Å²) in [7, 11) is 0. The molecule has 0 saturated heterocycles. The molecule has 6 nitrogen and oxygen atoms in total. The zero-order chi connectivity index (χ0) is 13.7. The number of carboxylic acid groups (broad SMARTS) is 2. The van der Waals surface area contributed by atoms with Gasteiger partial charge in [-0.3, -0.25) is 9.59 Å². The maximum atomic E-state index is 10.8. The summed E-state index contributed by atoms with van der Waals surface area (Å²) in [5.74, 6) is -2.13. The minimum absolute atomic E-state index is 0.111. The fourth-order valence-electron chi connectivity index (χ4n) is 1.61. The Morgan fingerprint density at radius 2 is 2.11 bits per heavy atom. The molecule has 1 rings (SSSR count). The van der Waals surface area contributed by atoms with Crippen molar-refractivity contribution in [2.75, 3.05) is 18.0 Å². The fourth-order valence-corrected chi connectivity index (χ4v) is 1.61. The number of pyridine rings is 1. The Labute approximate surface area is 105 Å². The van der Waals surface area contributed by atoms with Gasteiger partial charge in [-0.25, -0.2) is 4.98 Å². The lowest BCUT2D eigenvalue weighted by Gasteiger charge is -2.24. The summed E-state index contributed by atoms with van der Waals surface area (Å²) in [5.41, 5.74) is 0.816. The van der Waals surface area contributed by atoms with Crippen molar-refractivity contribution in [1.29, 1.82) is 0 Å². The summed E-state index contributed by atoms with van der Waals surface area (Å²) >= 11 is 0. The third-order valence-electron chi connectivity index (χ3n) is 2.52. The van der Waals surface area contributed by atoms with E-state index in [0.717, 1.165) is 5.56 Å². The summed E-state index contributed by atoms with van der Waals surface area (Å²) in [4.78, 5) is 27.3. The van der Waals surface area contributed by atoms with Crippen LogP contribution in [0.2, 0.25) is 0 Å². The van der Waals surface area contributed by atoms with Crippen molar-refractivity contribution in [3.63, 3.8) is 0 Å². The summed E-state index contributed by atoms with van der Waals surface area (Å²) in [5, 5.41) is 17.8. The number of carbonyl (C=O) groups is 2. The first-order chi connectivity index (χ1) is 8.41. The number of aryl methyl sites for hydroxylation is 1. The van der Waals surface area contributed by atoms with Crippen LogP contribution in [-0.4, -0.2) is 40.2 Å². The topological polar surface area (TPSA) is 90.7 Å². The van der Waals surface area contributed by atoms with Crippen molar-refractivity contribution in [2.24, 2.45) is 5.92 Å². The summed E-state index contributed by atoms with van der Waals surface area (Å²) in [6.07, 6.45) is 1.56. The highest BCUT2D eigenvalue weighted by Crippen LogP contribution is 2.17. The lowest BCUT2D eigenvalue weighted by Crippen LogP contribution is -2.36. The number of rotatable bonds is 6. The van der Waals surface area contributed by atoms with Gasteiger partial charge in [-0.1, -0.05) is 13.0 Å². The van der Waals surface area contributed by atoms with Crippen LogP contribution < -0.4 is 4.90 Å². The number of aliphatic carboxylic acids is 2. The molecule has 0 bridgehead atoms. The van der Waals surface area contributed by atoms with E-state index in [4.69, 9.17) is 10.2 Å². The summed E-state index contributed by atoms with van der Waals surface area (Å²) < 4.78 is 0. The molecular formula is C12H16N2O4. The molecule has 2 N–H and O–H groups in total. The predicted molar refractivity (Wildman–Crippen MR) is 65.6 cm³/mol. The SMILES string of the molecule is Cc1cccnc1N(CC(=O)O)CC(C)C(=O)O. The Morgan fingerprint density at radius 1 is 1.44 bits per heavy atom. The molecule has 0 saturated carbocycles. The molecule has 0 fully saturated rings. The number of carboxylic acids is 2. The lowest BCUT2D eigenvalue weighted by atomic mass is 10.1. The van der Waals surface area contributed by atoms with E-state index in [1.165, 1.54) is 11.8 Å². The van der Waals surface area contributed by atoms with Crippen molar-refractivity contribution in [2.45, 2.75) is 13.8 Å². The normalized spacial score (nSPS) is 11.9. The fraction of sp³-hybridized carbons (Fsp3) is 0.417. The average Bonchev–Trinajstić information content (AvgIpc) is 2.28. The molecule has 1 unspecified atom stereocenters. The van der Waals surface area contributed by atoms with Crippen LogP contribution in [0.5, 0.6) is 0 Å². The van der Waals surface area contributed by atoms with Crippen LogP contribution in [0.3, 0.4) is 0 Å². The number of aromatic nitrogens is 1. The van der Waals surface area contributed by atoms with Gasteiger partial charge in [0, 0.05) is 12.7 Å². The second-order valence-corrected chi connectivity index (χ2v) is 4.16. The van der Waals surface area contributed by atoms with E-state index in [2.05, 4.69) is 4.98 Å². The van der Waals surface area contributed by atoms with Gasteiger partial charge in [0.05, 0.1) is 5.92 Å². The quantitative estimate of drug-likeness (QED) is 0.785. The molecule has 0 amide bonds. The van der Waals surface area contributed by atoms with Crippen molar-refractivity contribution in [3.05, 3.63) is 23.9 Å². The molecule has 1 atom stereocenters. The van der Waals surface area contributed by atoms with Gasteiger partial charge in [0.15, 0.2) is 0 Å². The van der Waals surface area contributed by atoms with Crippen LogP contribution in [0.1, 0.15) is 12.5 Å².